The van der Waals surface area contributed by atoms with E-state index in [2.05, 4.69) is 37.4 Å². The Balaban J connectivity index is 2.25. The van der Waals surface area contributed by atoms with Crippen LogP contribution < -0.4 is 10.1 Å². The standard InChI is InChI=1S/C17H23NO2/c1-4-9-18-16(12-14-6-5-10-20-14)15-8-7-13(2)11-17(15)19-3/h5-8,10-11,16,18H,4,9,12H2,1-3H3. The van der Waals surface area contributed by atoms with Crippen LogP contribution >= 0.6 is 0 Å². The van der Waals surface area contributed by atoms with Gasteiger partial charge >= 0.3 is 0 Å². The molecule has 0 spiro atoms. The third kappa shape index (κ3) is 3.64. The predicted octanol–water partition coefficient (Wildman–Crippen LogP) is 3.88. The fraction of sp³-hybridized carbons (Fsp3) is 0.412. The number of aryl methyl sites for hydroxylation is 1. The zero-order valence-electron chi connectivity index (χ0n) is 12.5. The number of hydrogen-bond donors (Lipinski definition) is 1. The quantitative estimate of drug-likeness (QED) is 0.831. The first-order chi connectivity index (χ1) is 9.74. The van der Waals surface area contributed by atoms with Gasteiger partial charge in [-0.15, -0.1) is 0 Å². The summed E-state index contributed by atoms with van der Waals surface area (Å²) in [4.78, 5) is 0. The van der Waals surface area contributed by atoms with Crippen molar-refractivity contribution >= 4 is 0 Å². The molecule has 0 saturated carbocycles. The molecular formula is C17H23NO2. The monoisotopic (exact) mass is 273 g/mol. The van der Waals surface area contributed by atoms with Gasteiger partial charge in [0.15, 0.2) is 0 Å². The lowest BCUT2D eigenvalue weighted by molar-refractivity contribution is 0.391. The summed E-state index contributed by atoms with van der Waals surface area (Å²) >= 11 is 0. The highest BCUT2D eigenvalue weighted by Gasteiger charge is 2.17. The topological polar surface area (TPSA) is 34.4 Å². The first-order valence-electron chi connectivity index (χ1n) is 7.15. The molecule has 0 radical (unpaired) electrons. The molecule has 20 heavy (non-hydrogen) atoms. The predicted molar refractivity (Wildman–Crippen MR) is 81.2 cm³/mol. The third-order valence-electron chi connectivity index (χ3n) is 3.39. The molecule has 1 aromatic carbocycles. The Morgan fingerprint density at radius 3 is 2.80 bits per heavy atom. The molecular weight excluding hydrogens is 250 g/mol. The SMILES string of the molecule is CCCNC(Cc1ccco1)c1ccc(C)cc1OC. The molecule has 1 unspecified atom stereocenters. The van der Waals surface area contributed by atoms with E-state index in [0.717, 1.165) is 30.9 Å². The van der Waals surface area contributed by atoms with Crippen LogP contribution in [-0.2, 0) is 6.42 Å². The van der Waals surface area contributed by atoms with Gasteiger partial charge in [-0.1, -0.05) is 19.1 Å². The van der Waals surface area contributed by atoms with Crippen molar-refractivity contribution < 1.29 is 9.15 Å². The van der Waals surface area contributed by atoms with Gasteiger partial charge in [-0.25, -0.2) is 0 Å². The molecule has 3 nitrogen and oxygen atoms in total. The number of rotatable bonds is 7. The summed E-state index contributed by atoms with van der Waals surface area (Å²) in [5, 5.41) is 3.58. The lowest BCUT2D eigenvalue weighted by Crippen LogP contribution is -2.24. The number of hydrogen-bond acceptors (Lipinski definition) is 3. The molecule has 2 aromatic rings. The lowest BCUT2D eigenvalue weighted by Gasteiger charge is -2.21. The Hall–Kier alpha value is -1.74. The molecule has 0 amide bonds. The van der Waals surface area contributed by atoms with Gasteiger partial charge in [0.1, 0.15) is 11.5 Å². The fourth-order valence-electron chi connectivity index (χ4n) is 2.35. The van der Waals surface area contributed by atoms with E-state index in [4.69, 9.17) is 9.15 Å². The zero-order valence-corrected chi connectivity index (χ0v) is 12.5. The van der Waals surface area contributed by atoms with Gasteiger partial charge in [-0.3, -0.25) is 0 Å². The second-order valence-electron chi connectivity index (χ2n) is 5.04. The van der Waals surface area contributed by atoms with Crippen molar-refractivity contribution in [1.82, 2.24) is 5.32 Å². The van der Waals surface area contributed by atoms with Crippen LogP contribution in [-0.4, -0.2) is 13.7 Å². The maximum atomic E-state index is 5.54. The molecule has 108 valence electrons. The number of furan rings is 1. The van der Waals surface area contributed by atoms with Gasteiger partial charge in [0.25, 0.3) is 0 Å². The lowest BCUT2D eigenvalue weighted by atomic mass is 9.99. The number of methoxy groups -OCH3 is 1. The molecule has 0 aliphatic rings. The summed E-state index contributed by atoms with van der Waals surface area (Å²) in [5.41, 5.74) is 2.39. The Bertz CT molecular complexity index is 520. The van der Waals surface area contributed by atoms with E-state index >= 15 is 0 Å². The second kappa shape index (κ2) is 7.15. The highest BCUT2D eigenvalue weighted by Crippen LogP contribution is 2.28. The van der Waals surface area contributed by atoms with E-state index in [9.17, 15) is 0 Å². The van der Waals surface area contributed by atoms with Crippen LogP contribution in [0.4, 0.5) is 0 Å². The summed E-state index contributed by atoms with van der Waals surface area (Å²) < 4.78 is 11.0. The van der Waals surface area contributed by atoms with Crippen molar-refractivity contribution in [2.45, 2.75) is 32.7 Å². The molecule has 0 fully saturated rings. The van der Waals surface area contributed by atoms with Gasteiger partial charge in [-0.2, -0.15) is 0 Å². The van der Waals surface area contributed by atoms with Crippen LogP contribution in [0.3, 0.4) is 0 Å². The summed E-state index contributed by atoms with van der Waals surface area (Å²) in [5.74, 6) is 1.92. The van der Waals surface area contributed by atoms with Gasteiger partial charge in [0.05, 0.1) is 13.4 Å². The van der Waals surface area contributed by atoms with E-state index in [1.807, 2.05) is 12.1 Å². The van der Waals surface area contributed by atoms with E-state index < -0.39 is 0 Å². The first kappa shape index (κ1) is 14.7. The number of ether oxygens (including phenoxy) is 1. The molecule has 0 saturated heterocycles. The number of benzene rings is 1. The van der Waals surface area contributed by atoms with Crippen LogP contribution in [0.15, 0.2) is 41.0 Å². The molecule has 1 aromatic heterocycles. The molecule has 1 N–H and O–H groups in total. The largest absolute Gasteiger partial charge is 0.496 e. The number of nitrogens with one attached hydrogen (secondary N) is 1. The minimum Gasteiger partial charge on any atom is -0.496 e. The van der Waals surface area contributed by atoms with E-state index in [1.54, 1.807) is 13.4 Å². The summed E-state index contributed by atoms with van der Waals surface area (Å²) in [6.07, 6.45) is 3.65. The molecule has 0 aliphatic carbocycles. The average molecular weight is 273 g/mol. The summed E-state index contributed by atoms with van der Waals surface area (Å²) in [6.45, 7) is 5.22. The average Bonchev–Trinajstić information content (AvgIpc) is 2.96. The highest BCUT2D eigenvalue weighted by atomic mass is 16.5. The molecule has 2 rings (SSSR count). The summed E-state index contributed by atoms with van der Waals surface area (Å²) in [7, 11) is 1.72. The molecule has 0 aliphatic heterocycles. The van der Waals surface area contributed by atoms with E-state index in [0.29, 0.717) is 0 Å². The third-order valence-corrected chi connectivity index (χ3v) is 3.39. The first-order valence-corrected chi connectivity index (χ1v) is 7.15. The van der Waals surface area contributed by atoms with Crippen LogP contribution in [0.5, 0.6) is 5.75 Å². The molecule has 1 heterocycles. The van der Waals surface area contributed by atoms with E-state index in [-0.39, 0.29) is 6.04 Å². The van der Waals surface area contributed by atoms with Crippen molar-refractivity contribution in [2.75, 3.05) is 13.7 Å². The van der Waals surface area contributed by atoms with Crippen LogP contribution in [0, 0.1) is 6.92 Å². The van der Waals surface area contributed by atoms with Crippen molar-refractivity contribution in [1.29, 1.82) is 0 Å². The van der Waals surface area contributed by atoms with Crippen molar-refractivity contribution in [2.24, 2.45) is 0 Å². The fourth-order valence-corrected chi connectivity index (χ4v) is 2.35. The highest BCUT2D eigenvalue weighted by molar-refractivity contribution is 5.39. The minimum atomic E-state index is 0.205. The Kier molecular flexibility index (Phi) is 5.24. The van der Waals surface area contributed by atoms with Crippen LogP contribution in [0.1, 0.15) is 36.3 Å². The van der Waals surface area contributed by atoms with Crippen molar-refractivity contribution in [3.63, 3.8) is 0 Å². The van der Waals surface area contributed by atoms with Crippen molar-refractivity contribution in [3.8, 4) is 5.75 Å². The maximum Gasteiger partial charge on any atom is 0.123 e. The van der Waals surface area contributed by atoms with Crippen molar-refractivity contribution in [3.05, 3.63) is 53.5 Å². The van der Waals surface area contributed by atoms with Gasteiger partial charge in [0, 0.05) is 18.0 Å². The van der Waals surface area contributed by atoms with Gasteiger partial charge < -0.3 is 14.5 Å². The second-order valence-corrected chi connectivity index (χ2v) is 5.04. The normalized spacial score (nSPS) is 12.3. The van der Waals surface area contributed by atoms with Crippen LogP contribution in [0.2, 0.25) is 0 Å². The Morgan fingerprint density at radius 2 is 2.15 bits per heavy atom. The molecule has 3 heteroatoms. The van der Waals surface area contributed by atoms with Gasteiger partial charge in [0.2, 0.25) is 0 Å². The molecule has 1 atom stereocenters. The van der Waals surface area contributed by atoms with Crippen LogP contribution in [0.25, 0.3) is 0 Å². The van der Waals surface area contributed by atoms with Gasteiger partial charge in [-0.05, 0) is 43.7 Å². The smallest absolute Gasteiger partial charge is 0.123 e. The summed E-state index contributed by atoms with van der Waals surface area (Å²) in [6, 6.07) is 10.5. The Morgan fingerprint density at radius 1 is 1.30 bits per heavy atom. The Labute approximate surface area is 121 Å². The minimum absolute atomic E-state index is 0.205. The molecule has 0 bridgehead atoms. The zero-order chi connectivity index (χ0) is 14.4. The van der Waals surface area contributed by atoms with E-state index in [1.165, 1.54) is 11.1 Å². The maximum absolute atomic E-state index is 5.54.